The van der Waals surface area contributed by atoms with Crippen molar-refractivity contribution in [2.24, 2.45) is 5.41 Å². The number of anilines is 1. The first-order valence-electron chi connectivity index (χ1n) is 6.71. The van der Waals surface area contributed by atoms with E-state index in [-0.39, 0.29) is 11.7 Å². The summed E-state index contributed by atoms with van der Waals surface area (Å²) < 4.78 is 13.6. The van der Waals surface area contributed by atoms with Gasteiger partial charge >= 0.3 is 0 Å². The Morgan fingerprint density at radius 1 is 1.30 bits per heavy atom. The molecule has 0 spiro atoms. The van der Waals surface area contributed by atoms with Gasteiger partial charge in [-0.05, 0) is 0 Å². The van der Waals surface area contributed by atoms with E-state index < -0.39 is 0 Å². The van der Waals surface area contributed by atoms with Crippen molar-refractivity contribution in [3.63, 3.8) is 0 Å². The summed E-state index contributed by atoms with van der Waals surface area (Å²) in [7, 11) is 0. The van der Waals surface area contributed by atoms with Crippen molar-refractivity contribution >= 4 is 5.69 Å². The van der Waals surface area contributed by atoms with Crippen molar-refractivity contribution in [3.8, 4) is 0 Å². The average Bonchev–Trinajstić information content (AvgIpc) is 2.85. The van der Waals surface area contributed by atoms with Crippen molar-refractivity contribution in [1.29, 1.82) is 0 Å². The molecule has 3 rings (SSSR count). The molecule has 20 heavy (non-hydrogen) atoms. The van der Waals surface area contributed by atoms with Crippen LogP contribution in [0.5, 0.6) is 0 Å². The molecular formula is C15H19N3O2. The summed E-state index contributed by atoms with van der Waals surface area (Å²) in [5, 5.41) is 4.21. The van der Waals surface area contributed by atoms with E-state index in [0.717, 1.165) is 12.1 Å². The first-order chi connectivity index (χ1) is 9.65. The molecule has 0 radical (unpaired) electrons. The third kappa shape index (κ3) is 2.84. The van der Waals surface area contributed by atoms with Gasteiger partial charge in [0.05, 0.1) is 31.6 Å². The second-order valence-corrected chi connectivity index (χ2v) is 5.65. The van der Waals surface area contributed by atoms with E-state index in [0.29, 0.717) is 18.9 Å². The van der Waals surface area contributed by atoms with Crippen LogP contribution in [-0.4, -0.2) is 23.0 Å². The van der Waals surface area contributed by atoms with Gasteiger partial charge in [-0.25, -0.2) is 0 Å². The monoisotopic (exact) mass is 273 g/mol. The van der Waals surface area contributed by atoms with E-state index in [1.54, 1.807) is 6.20 Å². The molecule has 1 saturated heterocycles. The second kappa shape index (κ2) is 5.26. The highest BCUT2D eigenvalue weighted by atomic mass is 16.7. The summed E-state index contributed by atoms with van der Waals surface area (Å²) in [5.41, 5.74) is 7.31. The van der Waals surface area contributed by atoms with Gasteiger partial charge < -0.3 is 15.2 Å². The number of benzene rings is 1. The Hall–Kier alpha value is -1.85. The molecule has 5 heteroatoms. The van der Waals surface area contributed by atoms with Crippen LogP contribution in [0.3, 0.4) is 0 Å². The third-order valence-electron chi connectivity index (χ3n) is 3.44. The summed E-state index contributed by atoms with van der Waals surface area (Å²) in [6.07, 6.45) is 3.21. The largest absolute Gasteiger partial charge is 0.396 e. The van der Waals surface area contributed by atoms with Crippen molar-refractivity contribution in [2.75, 3.05) is 18.9 Å². The molecule has 0 aliphatic carbocycles. The number of hydrogen-bond acceptors (Lipinski definition) is 4. The number of nitrogens with two attached hydrogens (primary N) is 1. The molecule has 0 bridgehead atoms. The Kier molecular flexibility index (Phi) is 3.46. The molecule has 106 valence electrons. The summed E-state index contributed by atoms with van der Waals surface area (Å²) >= 11 is 0. The summed E-state index contributed by atoms with van der Waals surface area (Å²) in [5.74, 6) is 0. The third-order valence-corrected chi connectivity index (χ3v) is 3.44. The van der Waals surface area contributed by atoms with E-state index in [1.807, 2.05) is 41.2 Å². The lowest BCUT2D eigenvalue weighted by molar-refractivity contribution is -0.233. The Morgan fingerprint density at radius 3 is 2.60 bits per heavy atom. The molecule has 2 N–H and O–H groups in total. The Labute approximate surface area is 118 Å². The van der Waals surface area contributed by atoms with Crippen molar-refractivity contribution in [2.45, 2.75) is 19.8 Å². The number of ether oxygens (including phenoxy) is 2. The van der Waals surface area contributed by atoms with Gasteiger partial charge in [0.2, 0.25) is 0 Å². The Balaban J connectivity index is 1.62. The molecule has 1 aromatic heterocycles. The number of nitrogens with zero attached hydrogens (tertiary/aromatic N) is 2. The van der Waals surface area contributed by atoms with Crippen LogP contribution in [0.15, 0.2) is 42.7 Å². The van der Waals surface area contributed by atoms with Gasteiger partial charge in [0.1, 0.15) is 0 Å². The molecule has 0 amide bonds. The normalized spacial score (nSPS) is 26.6. The fourth-order valence-corrected chi connectivity index (χ4v) is 2.39. The molecule has 1 aliphatic heterocycles. The van der Waals surface area contributed by atoms with Gasteiger partial charge in [-0.1, -0.05) is 37.3 Å². The molecule has 0 atom stereocenters. The van der Waals surface area contributed by atoms with Crippen LogP contribution in [0, 0.1) is 5.41 Å². The van der Waals surface area contributed by atoms with Crippen LogP contribution in [0.2, 0.25) is 0 Å². The van der Waals surface area contributed by atoms with E-state index in [4.69, 9.17) is 15.2 Å². The molecule has 1 fully saturated rings. The van der Waals surface area contributed by atoms with Crippen LogP contribution in [-0.2, 0) is 16.0 Å². The fraction of sp³-hybridized carbons (Fsp3) is 0.400. The first-order valence-corrected chi connectivity index (χ1v) is 6.71. The smallest absolute Gasteiger partial charge is 0.183 e. The molecule has 1 aromatic carbocycles. The molecule has 2 aromatic rings. The molecule has 2 heterocycles. The average molecular weight is 273 g/mol. The lowest BCUT2D eigenvalue weighted by atomic mass is 9.92. The lowest BCUT2D eigenvalue weighted by Gasteiger charge is -2.37. The van der Waals surface area contributed by atoms with Crippen molar-refractivity contribution < 1.29 is 9.47 Å². The van der Waals surface area contributed by atoms with Crippen LogP contribution < -0.4 is 5.73 Å². The van der Waals surface area contributed by atoms with Gasteiger partial charge in [-0.2, -0.15) is 5.10 Å². The zero-order valence-electron chi connectivity index (χ0n) is 11.5. The second-order valence-electron chi connectivity index (χ2n) is 5.65. The minimum absolute atomic E-state index is 0.0935. The topological polar surface area (TPSA) is 62.3 Å². The summed E-state index contributed by atoms with van der Waals surface area (Å²) in [6, 6.07) is 9.99. The van der Waals surface area contributed by atoms with Crippen molar-refractivity contribution in [1.82, 2.24) is 9.78 Å². The van der Waals surface area contributed by atoms with Gasteiger partial charge in [0, 0.05) is 17.2 Å². The fourth-order valence-electron chi connectivity index (χ4n) is 2.39. The maximum Gasteiger partial charge on any atom is 0.183 e. The summed E-state index contributed by atoms with van der Waals surface area (Å²) in [4.78, 5) is 0. The van der Waals surface area contributed by atoms with E-state index in [9.17, 15) is 0 Å². The zero-order chi connectivity index (χ0) is 14.0. The SMILES string of the molecule is CC1(Cn2cc(N)cn2)COC(c2ccccc2)OC1. The lowest BCUT2D eigenvalue weighted by Crippen LogP contribution is -2.39. The van der Waals surface area contributed by atoms with Crippen LogP contribution in [0.1, 0.15) is 18.8 Å². The van der Waals surface area contributed by atoms with E-state index in [1.165, 1.54) is 0 Å². The molecule has 5 nitrogen and oxygen atoms in total. The highest BCUT2D eigenvalue weighted by molar-refractivity contribution is 5.30. The van der Waals surface area contributed by atoms with E-state index >= 15 is 0 Å². The summed E-state index contributed by atoms with van der Waals surface area (Å²) in [6.45, 7) is 4.12. The van der Waals surface area contributed by atoms with Gasteiger partial charge in [0.25, 0.3) is 0 Å². The van der Waals surface area contributed by atoms with Gasteiger partial charge in [-0.15, -0.1) is 0 Å². The number of nitrogen functional groups attached to an aromatic ring is 1. The van der Waals surface area contributed by atoms with Gasteiger partial charge in [-0.3, -0.25) is 4.68 Å². The van der Waals surface area contributed by atoms with Crippen LogP contribution in [0.4, 0.5) is 5.69 Å². The Bertz CT molecular complexity index is 560. The Morgan fingerprint density at radius 2 is 2.00 bits per heavy atom. The minimum Gasteiger partial charge on any atom is -0.396 e. The highest BCUT2D eigenvalue weighted by Crippen LogP contribution is 2.32. The standard InChI is InChI=1S/C15H19N3O2/c1-15(9-18-8-13(16)7-17-18)10-19-14(20-11-15)12-5-3-2-4-6-12/h2-8,14H,9-11,16H2,1H3. The van der Waals surface area contributed by atoms with Crippen LogP contribution >= 0.6 is 0 Å². The number of hydrogen-bond donors (Lipinski definition) is 1. The quantitative estimate of drug-likeness (QED) is 0.931. The predicted octanol–water partition coefficient (Wildman–Crippen LogP) is 2.22. The zero-order valence-corrected chi connectivity index (χ0v) is 11.5. The number of rotatable bonds is 3. The number of aromatic nitrogens is 2. The molecule has 0 unspecified atom stereocenters. The van der Waals surface area contributed by atoms with Crippen LogP contribution in [0.25, 0.3) is 0 Å². The molecular weight excluding hydrogens is 254 g/mol. The minimum atomic E-state index is -0.271. The van der Waals surface area contributed by atoms with Crippen molar-refractivity contribution in [3.05, 3.63) is 48.3 Å². The molecule has 1 aliphatic rings. The molecule has 0 saturated carbocycles. The van der Waals surface area contributed by atoms with Gasteiger partial charge in [0.15, 0.2) is 6.29 Å². The maximum absolute atomic E-state index is 5.86. The maximum atomic E-state index is 5.86. The predicted molar refractivity (Wildman–Crippen MR) is 75.8 cm³/mol. The first kappa shape index (κ1) is 13.1. The highest BCUT2D eigenvalue weighted by Gasteiger charge is 2.34. The van der Waals surface area contributed by atoms with E-state index in [2.05, 4.69) is 12.0 Å².